The van der Waals surface area contributed by atoms with Gasteiger partial charge in [0.2, 0.25) is 0 Å². The van der Waals surface area contributed by atoms with Gasteiger partial charge in [0.05, 0.1) is 6.54 Å². The standard InChI is InChI=1S/C24H26F2N4O/c1-18(29-11-9-20(10-12-29)13-19-5-3-2-4-6-19)24(31,15-30-17-27-16-28-30)22-8-7-21(25)14-23(22)26/h2-8,13-14,16-18,31H,9-12,15H2,1H3/t18-,24-/m1/s1. The number of hydrogen-bond donors (Lipinski definition) is 1. The van der Waals surface area contributed by atoms with Gasteiger partial charge < -0.3 is 5.11 Å². The van der Waals surface area contributed by atoms with Gasteiger partial charge in [0, 0.05) is 30.8 Å². The van der Waals surface area contributed by atoms with Crippen molar-refractivity contribution in [2.24, 2.45) is 0 Å². The highest BCUT2D eigenvalue weighted by Crippen LogP contribution is 2.34. The van der Waals surface area contributed by atoms with E-state index in [1.54, 1.807) is 0 Å². The highest BCUT2D eigenvalue weighted by Gasteiger charge is 2.42. The first-order valence-corrected chi connectivity index (χ1v) is 10.4. The molecule has 1 aliphatic heterocycles. The van der Waals surface area contributed by atoms with Crippen molar-refractivity contribution in [3.8, 4) is 0 Å². The fourth-order valence-electron chi connectivity index (χ4n) is 4.27. The maximum atomic E-state index is 14.7. The SMILES string of the molecule is C[C@@H](N1CCC(=Cc2ccccc2)CC1)[C@](O)(Cn1cncn1)c1ccc(F)cc1F. The second-order valence-electron chi connectivity index (χ2n) is 8.07. The minimum Gasteiger partial charge on any atom is -0.381 e. The highest BCUT2D eigenvalue weighted by molar-refractivity contribution is 5.52. The van der Waals surface area contributed by atoms with E-state index in [1.807, 2.05) is 25.1 Å². The monoisotopic (exact) mass is 424 g/mol. The average Bonchev–Trinajstić information content (AvgIpc) is 3.27. The fourth-order valence-corrected chi connectivity index (χ4v) is 4.27. The number of likely N-dealkylation sites (tertiary alicyclic amines) is 1. The molecule has 5 nitrogen and oxygen atoms in total. The number of rotatable bonds is 6. The molecule has 0 spiro atoms. The molecule has 0 unspecified atom stereocenters. The molecule has 1 aliphatic rings. The van der Waals surface area contributed by atoms with Crippen LogP contribution < -0.4 is 0 Å². The molecule has 0 amide bonds. The Kier molecular flexibility index (Phi) is 6.25. The summed E-state index contributed by atoms with van der Waals surface area (Å²) in [5.74, 6) is -1.44. The summed E-state index contributed by atoms with van der Waals surface area (Å²) in [4.78, 5) is 6.08. The van der Waals surface area contributed by atoms with E-state index in [0.717, 1.165) is 32.0 Å². The number of aromatic nitrogens is 3. The molecule has 162 valence electrons. The smallest absolute Gasteiger partial charge is 0.137 e. The van der Waals surface area contributed by atoms with Crippen LogP contribution in [0.5, 0.6) is 0 Å². The van der Waals surface area contributed by atoms with Crippen molar-refractivity contribution in [3.63, 3.8) is 0 Å². The zero-order valence-corrected chi connectivity index (χ0v) is 17.5. The van der Waals surface area contributed by atoms with Crippen LogP contribution in [0.1, 0.15) is 30.9 Å². The minimum atomic E-state index is -1.61. The summed E-state index contributed by atoms with van der Waals surface area (Å²) in [7, 11) is 0. The first-order chi connectivity index (χ1) is 15.0. The zero-order valence-electron chi connectivity index (χ0n) is 17.5. The first-order valence-electron chi connectivity index (χ1n) is 10.4. The number of halogens is 2. The van der Waals surface area contributed by atoms with E-state index >= 15 is 0 Å². The van der Waals surface area contributed by atoms with Crippen LogP contribution in [0.4, 0.5) is 8.78 Å². The summed E-state index contributed by atoms with van der Waals surface area (Å²) in [5.41, 5.74) is 0.978. The number of hydrogen-bond acceptors (Lipinski definition) is 4. The maximum Gasteiger partial charge on any atom is 0.137 e. The van der Waals surface area contributed by atoms with Gasteiger partial charge >= 0.3 is 0 Å². The predicted octanol–water partition coefficient (Wildman–Crippen LogP) is 4.01. The van der Waals surface area contributed by atoms with Gasteiger partial charge in [-0.3, -0.25) is 4.90 Å². The van der Waals surface area contributed by atoms with E-state index in [0.29, 0.717) is 0 Å². The molecule has 4 rings (SSSR count). The number of nitrogens with zero attached hydrogens (tertiary/aromatic N) is 4. The van der Waals surface area contributed by atoms with Crippen LogP contribution in [0.3, 0.4) is 0 Å². The van der Waals surface area contributed by atoms with E-state index < -0.39 is 23.3 Å². The Morgan fingerprint density at radius 3 is 2.52 bits per heavy atom. The van der Waals surface area contributed by atoms with E-state index in [1.165, 1.54) is 40.6 Å². The van der Waals surface area contributed by atoms with Gasteiger partial charge in [-0.25, -0.2) is 18.4 Å². The van der Waals surface area contributed by atoms with Gasteiger partial charge in [0.25, 0.3) is 0 Å². The number of aliphatic hydroxyl groups is 1. The van der Waals surface area contributed by atoms with Crippen molar-refractivity contribution in [1.29, 1.82) is 0 Å². The number of piperidine rings is 1. The Hall–Kier alpha value is -2.90. The normalized spacial score (nSPS) is 17.9. The van der Waals surface area contributed by atoms with Crippen LogP contribution in [0.2, 0.25) is 0 Å². The molecule has 1 N–H and O–H groups in total. The van der Waals surface area contributed by atoms with Crippen molar-refractivity contribution < 1.29 is 13.9 Å². The molecule has 0 saturated carbocycles. The summed E-state index contributed by atoms with van der Waals surface area (Å²) in [5, 5.41) is 15.8. The Morgan fingerprint density at radius 2 is 1.87 bits per heavy atom. The molecule has 0 bridgehead atoms. The lowest BCUT2D eigenvalue weighted by molar-refractivity contribution is -0.0656. The van der Waals surface area contributed by atoms with Crippen LogP contribution in [-0.2, 0) is 12.1 Å². The Morgan fingerprint density at radius 1 is 1.13 bits per heavy atom. The van der Waals surface area contributed by atoms with E-state index in [9.17, 15) is 13.9 Å². The third-order valence-electron chi connectivity index (χ3n) is 6.12. The van der Waals surface area contributed by atoms with Crippen LogP contribution in [0, 0.1) is 11.6 Å². The fraction of sp³-hybridized carbons (Fsp3) is 0.333. The van der Waals surface area contributed by atoms with Crippen molar-refractivity contribution in [3.05, 3.63) is 89.5 Å². The van der Waals surface area contributed by atoms with Gasteiger partial charge in [-0.05, 0) is 31.4 Å². The van der Waals surface area contributed by atoms with Crippen molar-refractivity contribution in [1.82, 2.24) is 19.7 Å². The van der Waals surface area contributed by atoms with Gasteiger partial charge in [0.15, 0.2) is 0 Å². The van der Waals surface area contributed by atoms with Gasteiger partial charge in [-0.1, -0.05) is 48.0 Å². The van der Waals surface area contributed by atoms with Gasteiger partial charge in [0.1, 0.15) is 29.9 Å². The molecule has 1 fully saturated rings. The molecule has 2 atom stereocenters. The summed E-state index contributed by atoms with van der Waals surface area (Å²) in [6.45, 7) is 3.37. The second-order valence-corrected chi connectivity index (χ2v) is 8.07. The summed E-state index contributed by atoms with van der Waals surface area (Å²) < 4.78 is 29.7. The average molecular weight is 424 g/mol. The van der Waals surface area contributed by atoms with Crippen molar-refractivity contribution >= 4 is 6.08 Å². The van der Waals surface area contributed by atoms with Crippen molar-refractivity contribution in [2.75, 3.05) is 13.1 Å². The molecular weight excluding hydrogens is 398 g/mol. The lowest BCUT2D eigenvalue weighted by atomic mass is 9.84. The molecule has 31 heavy (non-hydrogen) atoms. The molecular formula is C24H26F2N4O. The van der Waals surface area contributed by atoms with Crippen LogP contribution in [0.15, 0.2) is 66.8 Å². The molecule has 1 aromatic heterocycles. The lowest BCUT2D eigenvalue weighted by Crippen LogP contribution is -2.53. The van der Waals surface area contributed by atoms with E-state index in [2.05, 4.69) is 33.2 Å². The van der Waals surface area contributed by atoms with Crippen molar-refractivity contribution in [2.45, 2.75) is 38.0 Å². The van der Waals surface area contributed by atoms with E-state index in [-0.39, 0.29) is 12.1 Å². The number of benzene rings is 2. The Balaban J connectivity index is 1.56. The maximum absolute atomic E-state index is 14.7. The molecule has 3 aromatic rings. The minimum absolute atomic E-state index is 0.0138. The van der Waals surface area contributed by atoms with Crippen LogP contribution in [-0.4, -0.2) is 43.9 Å². The zero-order chi connectivity index (χ0) is 21.8. The summed E-state index contributed by atoms with van der Waals surface area (Å²) in [6.07, 6.45) is 6.79. The van der Waals surface area contributed by atoms with Gasteiger partial charge in [-0.15, -0.1) is 0 Å². The third kappa shape index (κ3) is 4.73. The Labute approximate surface area is 180 Å². The topological polar surface area (TPSA) is 54.2 Å². The largest absolute Gasteiger partial charge is 0.381 e. The van der Waals surface area contributed by atoms with Crippen LogP contribution in [0.25, 0.3) is 6.08 Å². The van der Waals surface area contributed by atoms with Crippen LogP contribution >= 0.6 is 0 Å². The molecule has 1 saturated heterocycles. The Bertz CT molecular complexity index is 1030. The lowest BCUT2D eigenvalue weighted by Gasteiger charge is -2.43. The summed E-state index contributed by atoms with van der Waals surface area (Å²) >= 11 is 0. The summed E-state index contributed by atoms with van der Waals surface area (Å²) in [6, 6.07) is 13.1. The third-order valence-corrected chi connectivity index (χ3v) is 6.12. The molecule has 7 heteroatoms. The molecule has 0 radical (unpaired) electrons. The van der Waals surface area contributed by atoms with E-state index in [4.69, 9.17) is 0 Å². The second kappa shape index (κ2) is 9.08. The quantitative estimate of drug-likeness (QED) is 0.650. The molecule has 2 aromatic carbocycles. The molecule has 0 aliphatic carbocycles. The first kappa shape index (κ1) is 21.3. The predicted molar refractivity (Wildman–Crippen MR) is 115 cm³/mol. The van der Waals surface area contributed by atoms with Gasteiger partial charge in [-0.2, -0.15) is 5.10 Å². The molecule has 2 heterocycles. The highest BCUT2D eigenvalue weighted by atomic mass is 19.1.